The number of aromatic amines is 1. The Hall–Kier alpha value is -2.66. The van der Waals surface area contributed by atoms with Crippen molar-refractivity contribution in [3.63, 3.8) is 0 Å². The molecule has 2 heterocycles. The summed E-state index contributed by atoms with van der Waals surface area (Å²) in [5, 5.41) is 15.8. The summed E-state index contributed by atoms with van der Waals surface area (Å²) < 4.78 is 6.50. The van der Waals surface area contributed by atoms with Crippen LogP contribution < -0.4 is 10.9 Å². The predicted octanol–water partition coefficient (Wildman–Crippen LogP) is 2.02. The summed E-state index contributed by atoms with van der Waals surface area (Å²) >= 11 is 6.26. The number of hydrogen-bond acceptors (Lipinski definition) is 5. The number of halogens is 1. The SMILES string of the molecule is COCC(NCc1cc(=O)n2[nH]cc(C#N)c2n1)c1ccccc1Cl. The minimum atomic E-state index is -0.274. The van der Waals surface area contributed by atoms with Crippen LogP contribution >= 0.6 is 11.6 Å². The van der Waals surface area contributed by atoms with E-state index in [2.05, 4.69) is 15.4 Å². The third-order valence-corrected chi connectivity index (χ3v) is 4.16. The normalized spacial score (nSPS) is 12.2. The fraction of sp³-hybridized carbons (Fsp3) is 0.235. The number of hydrogen-bond donors (Lipinski definition) is 2. The smallest absolute Gasteiger partial charge is 0.272 e. The first kappa shape index (κ1) is 17.2. The molecular formula is C17H16ClN5O2. The highest BCUT2D eigenvalue weighted by molar-refractivity contribution is 6.31. The lowest BCUT2D eigenvalue weighted by Gasteiger charge is -2.19. The van der Waals surface area contributed by atoms with Crippen molar-refractivity contribution in [1.29, 1.82) is 5.26 Å². The molecule has 25 heavy (non-hydrogen) atoms. The van der Waals surface area contributed by atoms with Crippen LogP contribution in [-0.2, 0) is 11.3 Å². The number of H-pyrrole nitrogens is 1. The van der Waals surface area contributed by atoms with Crippen LogP contribution in [0, 0.1) is 11.3 Å². The molecular weight excluding hydrogens is 342 g/mol. The maximum atomic E-state index is 12.1. The van der Waals surface area contributed by atoms with Crippen molar-refractivity contribution in [1.82, 2.24) is 19.9 Å². The van der Waals surface area contributed by atoms with Gasteiger partial charge in [0.2, 0.25) is 0 Å². The molecule has 8 heteroatoms. The van der Waals surface area contributed by atoms with Gasteiger partial charge in [-0.2, -0.15) is 5.26 Å². The molecule has 3 aromatic rings. The Morgan fingerprint density at radius 3 is 3.00 bits per heavy atom. The molecule has 2 aromatic heterocycles. The molecule has 0 aliphatic heterocycles. The summed E-state index contributed by atoms with van der Waals surface area (Å²) in [5.74, 6) is 0. The van der Waals surface area contributed by atoms with E-state index in [0.29, 0.717) is 35.1 Å². The van der Waals surface area contributed by atoms with Gasteiger partial charge in [0.15, 0.2) is 5.65 Å². The summed E-state index contributed by atoms with van der Waals surface area (Å²) in [6, 6.07) is 10.8. The van der Waals surface area contributed by atoms with Gasteiger partial charge in [-0.15, -0.1) is 0 Å². The summed E-state index contributed by atoms with van der Waals surface area (Å²) in [5.41, 5.74) is 1.80. The van der Waals surface area contributed by atoms with Crippen LogP contribution in [0.25, 0.3) is 5.65 Å². The quantitative estimate of drug-likeness (QED) is 0.703. The van der Waals surface area contributed by atoms with Gasteiger partial charge in [0.25, 0.3) is 5.56 Å². The molecule has 0 fully saturated rings. The lowest BCUT2D eigenvalue weighted by Crippen LogP contribution is -2.27. The van der Waals surface area contributed by atoms with Gasteiger partial charge in [0.1, 0.15) is 11.6 Å². The summed E-state index contributed by atoms with van der Waals surface area (Å²) in [7, 11) is 1.61. The van der Waals surface area contributed by atoms with Crippen molar-refractivity contribution < 1.29 is 4.74 Å². The lowest BCUT2D eigenvalue weighted by atomic mass is 10.1. The number of nitrogens with zero attached hydrogens (tertiary/aromatic N) is 3. The molecule has 0 aliphatic carbocycles. The van der Waals surface area contributed by atoms with Crippen molar-refractivity contribution in [2.24, 2.45) is 0 Å². The second-order valence-electron chi connectivity index (χ2n) is 5.45. The highest BCUT2D eigenvalue weighted by atomic mass is 35.5. The number of aromatic nitrogens is 3. The zero-order chi connectivity index (χ0) is 17.8. The average Bonchev–Trinajstić information content (AvgIpc) is 3.03. The Labute approximate surface area is 148 Å². The molecule has 0 aliphatic rings. The second-order valence-corrected chi connectivity index (χ2v) is 5.86. The molecule has 0 radical (unpaired) electrons. The van der Waals surface area contributed by atoms with E-state index in [1.807, 2.05) is 30.3 Å². The summed E-state index contributed by atoms with van der Waals surface area (Å²) in [4.78, 5) is 16.5. The first-order chi connectivity index (χ1) is 12.1. The molecule has 0 saturated heterocycles. The van der Waals surface area contributed by atoms with Crippen molar-refractivity contribution in [2.75, 3.05) is 13.7 Å². The monoisotopic (exact) mass is 357 g/mol. The van der Waals surface area contributed by atoms with Crippen LogP contribution in [0.4, 0.5) is 0 Å². The minimum absolute atomic E-state index is 0.152. The van der Waals surface area contributed by atoms with Crippen LogP contribution in [0.3, 0.4) is 0 Å². The van der Waals surface area contributed by atoms with Gasteiger partial charge in [-0.25, -0.2) is 9.50 Å². The van der Waals surface area contributed by atoms with E-state index in [4.69, 9.17) is 21.6 Å². The maximum absolute atomic E-state index is 12.1. The van der Waals surface area contributed by atoms with E-state index in [-0.39, 0.29) is 11.6 Å². The zero-order valence-electron chi connectivity index (χ0n) is 13.5. The lowest BCUT2D eigenvalue weighted by molar-refractivity contribution is 0.166. The molecule has 0 amide bonds. The highest BCUT2D eigenvalue weighted by Crippen LogP contribution is 2.23. The highest BCUT2D eigenvalue weighted by Gasteiger charge is 2.15. The van der Waals surface area contributed by atoms with Crippen molar-refractivity contribution in [2.45, 2.75) is 12.6 Å². The van der Waals surface area contributed by atoms with Gasteiger partial charge in [-0.3, -0.25) is 9.89 Å². The zero-order valence-corrected chi connectivity index (χ0v) is 14.2. The molecule has 0 bridgehead atoms. The Kier molecular flexibility index (Phi) is 5.14. The summed E-state index contributed by atoms with van der Waals surface area (Å²) in [6.45, 7) is 0.750. The number of benzene rings is 1. The molecule has 2 N–H and O–H groups in total. The van der Waals surface area contributed by atoms with E-state index in [9.17, 15) is 4.79 Å². The third kappa shape index (κ3) is 3.56. The van der Waals surface area contributed by atoms with Crippen LogP contribution in [0.2, 0.25) is 5.02 Å². The van der Waals surface area contributed by atoms with E-state index in [0.717, 1.165) is 5.56 Å². The number of ether oxygens (including phenoxy) is 1. The van der Waals surface area contributed by atoms with Crippen LogP contribution in [-0.4, -0.2) is 28.3 Å². The first-order valence-corrected chi connectivity index (χ1v) is 7.98. The number of fused-ring (bicyclic) bond motifs is 1. The van der Waals surface area contributed by atoms with Crippen LogP contribution in [0.15, 0.2) is 41.3 Å². The predicted molar refractivity (Wildman–Crippen MR) is 93.4 cm³/mol. The van der Waals surface area contributed by atoms with Crippen LogP contribution in [0.1, 0.15) is 22.9 Å². The molecule has 1 aromatic carbocycles. The number of methoxy groups -OCH3 is 1. The summed E-state index contributed by atoms with van der Waals surface area (Å²) in [6.07, 6.45) is 1.46. The fourth-order valence-corrected chi connectivity index (χ4v) is 2.88. The molecule has 1 unspecified atom stereocenters. The Morgan fingerprint density at radius 1 is 1.48 bits per heavy atom. The Bertz CT molecular complexity index is 989. The third-order valence-electron chi connectivity index (χ3n) is 3.81. The van der Waals surface area contributed by atoms with E-state index < -0.39 is 0 Å². The van der Waals surface area contributed by atoms with Gasteiger partial charge in [0, 0.05) is 30.9 Å². The van der Waals surface area contributed by atoms with Gasteiger partial charge >= 0.3 is 0 Å². The maximum Gasteiger partial charge on any atom is 0.272 e. The topological polar surface area (TPSA) is 95.2 Å². The number of nitrogens with one attached hydrogen (secondary N) is 2. The molecule has 3 rings (SSSR count). The van der Waals surface area contributed by atoms with E-state index in [1.54, 1.807) is 7.11 Å². The Morgan fingerprint density at radius 2 is 2.28 bits per heavy atom. The molecule has 0 saturated carbocycles. The van der Waals surface area contributed by atoms with E-state index >= 15 is 0 Å². The van der Waals surface area contributed by atoms with Gasteiger partial charge in [0.05, 0.1) is 18.3 Å². The molecule has 7 nitrogen and oxygen atoms in total. The van der Waals surface area contributed by atoms with Gasteiger partial charge < -0.3 is 10.1 Å². The van der Waals surface area contributed by atoms with Crippen molar-refractivity contribution >= 4 is 17.2 Å². The number of rotatable bonds is 6. The standard InChI is InChI=1S/C17H16ClN5O2/c1-25-10-15(13-4-2-3-5-14(13)18)20-9-12-6-16(24)23-17(22-12)11(7-19)8-21-23/h2-6,8,15,20-21H,9-10H2,1H3. The fourth-order valence-electron chi connectivity index (χ4n) is 2.61. The first-order valence-electron chi connectivity index (χ1n) is 7.61. The van der Waals surface area contributed by atoms with Gasteiger partial charge in [-0.1, -0.05) is 29.8 Å². The second kappa shape index (κ2) is 7.49. The largest absolute Gasteiger partial charge is 0.383 e. The molecule has 0 spiro atoms. The van der Waals surface area contributed by atoms with Crippen molar-refractivity contribution in [3.8, 4) is 6.07 Å². The van der Waals surface area contributed by atoms with Gasteiger partial charge in [-0.05, 0) is 11.6 Å². The van der Waals surface area contributed by atoms with E-state index in [1.165, 1.54) is 16.8 Å². The van der Waals surface area contributed by atoms with Crippen molar-refractivity contribution in [3.05, 3.63) is 68.7 Å². The molecule has 128 valence electrons. The minimum Gasteiger partial charge on any atom is -0.383 e. The van der Waals surface area contributed by atoms with Crippen LogP contribution in [0.5, 0.6) is 0 Å². The number of nitriles is 1. The average molecular weight is 358 g/mol. The molecule has 1 atom stereocenters. The Balaban J connectivity index is 1.86.